The number of nitrogens with zero attached hydrogens (tertiary/aromatic N) is 4. The zero-order chi connectivity index (χ0) is 8.67. The van der Waals surface area contributed by atoms with Crippen LogP contribution >= 0.6 is 0 Å². The van der Waals surface area contributed by atoms with Crippen molar-refractivity contribution in [3.8, 4) is 5.95 Å². The fourth-order valence-corrected chi connectivity index (χ4v) is 1.21. The van der Waals surface area contributed by atoms with E-state index in [1.165, 1.54) is 12.8 Å². The summed E-state index contributed by atoms with van der Waals surface area (Å²) in [6.07, 6.45) is 7.48. The summed E-state index contributed by atoms with van der Waals surface area (Å²) < 4.78 is 6.83. The first-order valence-electron chi connectivity index (χ1n) is 4.25. The lowest BCUT2D eigenvalue weighted by molar-refractivity contribution is 0.377. The third-order valence-electron chi connectivity index (χ3n) is 2.09. The molecule has 0 N–H and O–H groups in total. The van der Waals surface area contributed by atoms with Crippen molar-refractivity contribution in [1.29, 1.82) is 0 Å². The molecule has 1 saturated carbocycles. The molecule has 1 aliphatic rings. The maximum Gasteiger partial charge on any atom is 0.275 e. The minimum Gasteiger partial charge on any atom is -0.337 e. The first-order chi connectivity index (χ1) is 6.43. The molecule has 0 atom stereocenters. The summed E-state index contributed by atoms with van der Waals surface area (Å²) in [4.78, 5) is 8.17. The summed E-state index contributed by atoms with van der Waals surface area (Å²) in [7, 11) is 0. The maximum absolute atomic E-state index is 5.10. The highest BCUT2D eigenvalue weighted by Gasteiger charge is 2.29. The zero-order valence-corrected chi connectivity index (χ0v) is 6.92. The Morgan fingerprint density at radius 1 is 1.46 bits per heavy atom. The smallest absolute Gasteiger partial charge is 0.275 e. The van der Waals surface area contributed by atoms with Crippen LogP contribution in [0, 0.1) is 0 Å². The Hall–Kier alpha value is -1.65. The predicted molar refractivity (Wildman–Crippen MR) is 43.4 cm³/mol. The van der Waals surface area contributed by atoms with Crippen molar-refractivity contribution in [3.63, 3.8) is 0 Å². The lowest BCUT2D eigenvalue weighted by Crippen LogP contribution is -1.92. The molecule has 3 rings (SSSR count). The van der Waals surface area contributed by atoms with Crippen molar-refractivity contribution in [2.24, 2.45) is 0 Å². The summed E-state index contributed by atoms with van der Waals surface area (Å²) in [6.45, 7) is 0. The SMILES string of the molecule is c1cn(-c2noc(C3CC3)n2)cn1. The molecule has 2 heterocycles. The minimum absolute atomic E-state index is 0.504. The van der Waals surface area contributed by atoms with E-state index in [-0.39, 0.29) is 0 Å². The molecule has 0 aliphatic heterocycles. The number of imidazole rings is 1. The highest BCUT2D eigenvalue weighted by molar-refractivity contribution is 5.11. The number of rotatable bonds is 2. The first kappa shape index (κ1) is 6.82. The maximum atomic E-state index is 5.10. The van der Waals surface area contributed by atoms with Gasteiger partial charge < -0.3 is 4.52 Å². The lowest BCUT2D eigenvalue weighted by Gasteiger charge is -1.88. The molecule has 2 aromatic rings. The average molecular weight is 176 g/mol. The van der Waals surface area contributed by atoms with E-state index in [0.29, 0.717) is 11.9 Å². The molecule has 2 aromatic heterocycles. The third-order valence-corrected chi connectivity index (χ3v) is 2.09. The molecule has 66 valence electrons. The van der Waals surface area contributed by atoms with Crippen LogP contribution < -0.4 is 0 Å². The Kier molecular flexibility index (Phi) is 1.27. The van der Waals surface area contributed by atoms with E-state index in [9.17, 15) is 0 Å². The van der Waals surface area contributed by atoms with Crippen LogP contribution in [-0.2, 0) is 0 Å². The Bertz CT molecular complexity index is 401. The van der Waals surface area contributed by atoms with E-state index in [1.807, 2.05) is 0 Å². The second-order valence-corrected chi connectivity index (χ2v) is 3.18. The van der Waals surface area contributed by atoms with Crippen molar-refractivity contribution >= 4 is 0 Å². The van der Waals surface area contributed by atoms with E-state index in [0.717, 1.165) is 5.89 Å². The summed E-state index contributed by atoms with van der Waals surface area (Å²) >= 11 is 0. The topological polar surface area (TPSA) is 56.7 Å². The van der Waals surface area contributed by atoms with E-state index in [4.69, 9.17) is 4.52 Å². The quantitative estimate of drug-likeness (QED) is 0.688. The van der Waals surface area contributed by atoms with Gasteiger partial charge in [0.1, 0.15) is 6.33 Å². The fourth-order valence-electron chi connectivity index (χ4n) is 1.21. The van der Waals surface area contributed by atoms with Gasteiger partial charge in [-0.1, -0.05) is 0 Å². The number of hydrogen-bond acceptors (Lipinski definition) is 4. The van der Waals surface area contributed by atoms with Gasteiger partial charge in [-0.05, 0) is 18.0 Å². The molecule has 1 aliphatic carbocycles. The molecule has 0 radical (unpaired) electrons. The summed E-state index contributed by atoms with van der Waals surface area (Å²) in [6, 6.07) is 0. The highest BCUT2D eigenvalue weighted by atomic mass is 16.5. The van der Waals surface area contributed by atoms with Crippen LogP contribution in [0.25, 0.3) is 5.95 Å². The van der Waals surface area contributed by atoms with Crippen LogP contribution in [0.1, 0.15) is 24.7 Å². The lowest BCUT2D eigenvalue weighted by atomic mass is 10.4. The molecule has 0 aromatic carbocycles. The van der Waals surface area contributed by atoms with Crippen LogP contribution in [0.3, 0.4) is 0 Å². The van der Waals surface area contributed by atoms with Crippen LogP contribution in [0.2, 0.25) is 0 Å². The molecule has 5 heteroatoms. The molecule has 0 spiro atoms. The second-order valence-electron chi connectivity index (χ2n) is 3.18. The molecule has 0 bridgehead atoms. The molecular formula is C8H8N4O. The van der Waals surface area contributed by atoms with Crippen LogP contribution in [0.15, 0.2) is 23.2 Å². The van der Waals surface area contributed by atoms with E-state index < -0.39 is 0 Å². The Labute approximate surface area is 74.4 Å². The molecule has 0 unspecified atom stereocenters. The van der Waals surface area contributed by atoms with Gasteiger partial charge in [-0.15, -0.1) is 0 Å². The molecule has 0 amide bonds. The largest absolute Gasteiger partial charge is 0.337 e. The van der Waals surface area contributed by atoms with Crippen LogP contribution in [0.5, 0.6) is 0 Å². The van der Waals surface area contributed by atoms with Crippen molar-refractivity contribution in [2.75, 3.05) is 0 Å². The fraction of sp³-hybridized carbons (Fsp3) is 0.375. The van der Waals surface area contributed by atoms with Gasteiger partial charge in [0, 0.05) is 18.3 Å². The van der Waals surface area contributed by atoms with Gasteiger partial charge in [-0.3, -0.25) is 4.57 Å². The summed E-state index contributed by atoms with van der Waals surface area (Å²) in [5.41, 5.74) is 0. The summed E-state index contributed by atoms with van der Waals surface area (Å²) in [5.74, 6) is 1.83. The monoisotopic (exact) mass is 176 g/mol. The molecule has 13 heavy (non-hydrogen) atoms. The Balaban J connectivity index is 1.97. The van der Waals surface area contributed by atoms with Gasteiger partial charge in [-0.2, -0.15) is 4.98 Å². The molecule has 0 saturated heterocycles. The standard InChI is InChI=1S/C8H8N4O/c1-2-6(1)7-10-8(11-13-7)12-4-3-9-5-12/h3-6H,1-2H2. The third kappa shape index (κ3) is 1.12. The average Bonchev–Trinajstić information content (AvgIpc) is 2.72. The summed E-state index contributed by atoms with van der Waals surface area (Å²) in [5, 5.41) is 3.86. The zero-order valence-electron chi connectivity index (χ0n) is 6.92. The van der Waals surface area contributed by atoms with E-state index >= 15 is 0 Å². The van der Waals surface area contributed by atoms with Crippen molar-refractivity contribution < 1.29 is 4.52 Å². The number of hydrogen-bond donors (Lipinski definition) is 0. The van der Waals surface area contributed by atoms with Gasteiger partial charge in [0.05, 0.1) is 0 Å². The highest BCUT2D eigenvalue weighted by Crippen LogP contribution is 2.38. The first-order valence-corrected chi connectivity index (χ1v) is 4.25. The molecule has 1 fully saturated rings. The van der Waals surface area contributed by atoms with E-state index in [1.54, 1.807) is 23.3 Å². The Morgan fingerprint density at radius 3 is 3.08 bits per heavy atom. The van der Waals surface area contributed by atoms with Gasteiger partial charge in [0.25, 0.3) is 5.95 Å². The van der Waals surface area contributed by atoms with Crippen molar-refractivity contribution in [1.82, 2.24) is 19.7 Å². The van der Waals surface area contributed by atoms with Crippen molar-refractivity contribution in [2.45, 2.75) is 18.8 Å². The second kappa shape index (κ2) is 2.42. The van der Waals surface area contributed by atoms with Crippen LogP contribution in [0.4, 0.5) is 0 Å². The minimum atomic E-state index is 0.504. The van der Waals surface area contributed by atoms with Gasteiger partial charge >= 0.3 is 0 Å². The normalized spacial score (nSPS) is 16.3. The van der Waals surface area contributed by atoms with Gasteiger partial charge in [-0.25, -0.2) is 4.98 Å². The van der Waals surface area contributed by atoms with Crippen molar-refractivity contribution in [3.05, 3.63) is 24.6 Å². The van der Waals surface area contributed by atoms with Gasteiger partial charge in [0.15, 0.2) is 0 Å². The van der Waals surface area contributed by atoms with Gasteiger partial charge in [0.2, 0.25) is 5.89 Å². The van der Waals surface area contributed by atoms with E-state index in [2.05, 4.69) is 15.1 Å². The van der Waals surface area contributed by atoms with Crippen LogP contribution in [-0.4, -0.2) is 19.7 Å². The molecule has 5 nitrogen and oxygen atoms in total. The predicted octanol–water partition coefficient (Wildman–Crippen LogP) is 1.13. The molecular weight excluding hydrogens is 168 g/mol. The number of aromatic nitrogens is 4. The Morgan fingerprint density at radius 2 is 2.38 bits per heavy atom.